The molecule has 0 unspecified atom stereocenters. The first kappa shape index (κ1) is 12.6. The Labute approximate surface area is 86.0 Å². The molecule has 0 aliphatic heterocycles. The number of terminal acetylenes is 2. The molecule has 0 spiro atoms. The van der Waals surface area contributed by atoms with E-state index in [-0.39, 0.29) is 5.97 Å². The van der Waals surface area contributed by atoms with Crippen LogP contribution in [0, 0.1) is 24.7 Å². The Morgan fingerprint density at radius 3 is 2.50 bits per heavy atom. The van der Waals surface area contributed by atoms with Gasteiger partial charge in [-0.15, -0.1) is 18.8 Å². The number of rotatable bonds is 5. The molecule has 0 fully saturated rings. The fourth-order valence-corrected chi connectivity index (χ4v) is 0.861. The highest BCUT2D eigenvalue weighted by Crippen LogP contribution is 2.10. The van der Waals surface area contributed by atoms with Crippen molar-refractivity contribution >= 4 is 5.97 Å². The van der Waals surface area contributed by atoms with E-state index in [9.17, 15) is 4.79 Å². The highest BCUT2D eigenvalue weighted by atomic mass is 16.6. The van der Waals surface area contributed by atoms with Gasteiger partial charge in [0, 0.05) is 12.8 Å². The van der Waals surface area contributed by atoms with Crippen LogP contribution in [0.25, 0.3) is 0 Å². The second-order valence-electron chi connectivity index (χ2n) is 3.54. The Morgan fingerprint density at radius 1 is 1.36 bits per heavy atom. The first-order chi connectivity index (χ1) is 6.52. The molecule has 76 valence electrons. The van der Waals surface area contributed by atoms with Gasteiger partial charge in [-0.05, 0) is 26.7 Å². The summed E-state index contributed by atoms with van der Waals surface area (Å²) in [5.41, 5.74) is -0.802. The second-order valence-corrected chi connectivity index (χ2v) is 3.54. The standard InChI is InChI=1S/C12H16O2/c1-5-7-8-9-10-11(13)14-12(3,4)6-2/h1-2H,7-10H2,3-4H3. The van der Waals surface area contributed by atoms with Crippen LogP contribution in [0.1, 0.15) is 39.5 Å². The van der Waals surface area contributed by atoms with Gasteiger partial charge < -0.3 is 4.74 Å². The van der Waals surface area contributed by atoms with Crippen molar-refractivity contribution in [2.24, 2.45) is 0 Å². The Hall–Kier alpha value is -1.41. The van der Waals surface area contributed by atoms with Crippen LogP contribution < -0.4 is 0 Å². The van der Waals surface area contributed by atoms with Crippen molar-refractivity contribution in [1.29, 1.82) is 0 Å². The zero-order chi connectivity index (χ0) is 11.0. The van der Waals surface area contributed by atoms with Crippen molar-refractivity contribution in [3.63, 3.8) is 0 Å². The van der Waals surface area contributed by atoms with Gasteiger partial charge in [0.05, 0.1) is 0 Å². The predicted octanol–water partition coefficient (Wildman–Crippen LogP) is 2.13. The predicted molar refractivity (Wildman–Crippen MR) is 56.3 cm³/mol. The van der Waals surface area contributed by atoms with Crippen molar-refractivity contribution in [1.82, 2.24) is 0 Å². The summed E-state index contributed by atoms with van der Waals surface area (Å²) in [6.45, 7) is 3.37. The van der Waals surface area contributed by atoms with E-state index in [1.165, 1.54) is 0 Å². The minimum Gasteiger partial charge on any atom is -0.446 e. The van der Waals surface area contributed by atoms with Crippen LogP contribution >= 0.6 is 0 Å². The summed E-state index contributed by atoms with van der Waals surface area (Å²) in [6, 6.07) is 0. The highest BCUT2D eigenvalue weighted by Gasteiger charge is 2.18. The van der Waals surface area contributed by atoms with Gasteiger partial charge in [0.1, 0.15) is 0 Å². The zero-order valence-electron chi connectivity index (χ0n) is 8.80. The summed E-state index contributed by atoms with van der Waals surface area (Å²) in [6.07, 6.45) is 12.9. The molecule has 14 heavy (non-hydrogen) atoms. The van der Waals surface area contributed by atoms with Gasteiger partial charge in [0.2, 0.25) is 0 Å². The van der Waals surface area contributed by atoms with Gasteiger partial charge in [0.25, 0.3) is 0 Å². The van der Waals surface area contributed by atoms with E-state index in [1.54, 1.807) is 13.8 Å². The molecule has 0 aromatic carbocycles. The van der Waals surface area contributed by atoms with Crippen LogP contribution in [0.2, 0.25) is 0 Å². The zero-order valence-corrected chi connectivity index (χ0v) is 8.80. The van der Waals surface area contributed by atoms with Crippen molar-refractivity contribution in [2.75, 3.05) is 0 Å². The minimum absolute atomic E-state index is 0.259. The van der Waals surface area contributed by atoms with Gasteiger partial charge in [0.15, 0.2) is 5.60 Å². The average molecular weight is 192 g/mol. The number of carbonyl (C=O) groups is 1. The molecule has 0 N–H and O–H groups in total. The summed E-state index contributed by atoms with van der Waals surface area (Å²) in [4.78, 5) is 11.2. The second kappa shape index (κ2) is 6.11. The van der Waals surface area contributed by atoms with E-state index in [0.29, 0.717) is 12.8 Å². The molecule has 0 radical (unpaired) electrons. The number of ether oxygens (including phenoxy) is 1. The van der Waals surface area contributed by atoms with Crippen LogP contribution in [0.5, 0.6) is 0 Å². The molecule has 0 saturated heterocycles. The molecule has 0 bridgehead atoms. The van der Waals surface area contributed by atoms with Crippen LogP contribution in [-0.4, -0.2) is 11.6 Å². The maximum absolute atomic E-state index is 11.2. The van der Waals surface area contributed by atoms with Crippen LogP contribution in [0.3, 0.4) is 0 Å². The molecule has 0 heterocycles. The molecule has 0 rings (SSSR count). The van der Waals surface area contributed by atoms with Crippen LogP contribution in [0.4, 0.5) is 0 Å². The molecule has 0 amide bonds. The summed E-state index contributed by atoms with van der Waals surface area (Å²) in [5.74, 6) is 4.66. The Bertz CT molecular complexity index is 263. The number of esters is 1. The van der Waals surface area contributed by atoms with E-state index in [4.69, 9.17) is 17.6 Å². The third-order valence-electron chi connectivity index (χ3n) is 1.67. The molecule has 0 aromatic heterocycles. The summed E-state index contributed by atoms with van der Waals surface area (Å²) >= 11 is 0. The SMILES string of the molecule is C#CCCCCC(=O)OC(C)(C)C#C. The average Bonchev–Trinajstić information content (AvgIpc) is 2.12. The maximum Gasteiger partial charge on any atom is 0.307 e. The third-order valence-corrected chi connectivity index (χ3v) is 1.67. The molecule has 2 nitrogen and oxygen atoms in total. The van der Waals surface area contributed by atoms with E-state index >= 15 is 0 Å². The smallest absolute Gasteiger partial charge is 0.307 e. The van der Waals surface area contributed by atoms with E-state index in [1.807, 2.05) is 0 Å². The van der Waals surface area contributed by atoms with Gasteiger partial charge in [-0.3, -0.25) is 4.79 Å². The van der Waals surface area contributed by atoms with Gasteiger partial charge in [-0.25, -0.2) is 0 Å². The van der Waals surface area contributed by atoms with Crippen LogP contribution in [-0.2, 0) is 9.53 Å². The van der Waals surface area contributed by atoms with Crippen molar-refractivity contribution in [3.8, 4) is 24.7 Å². The molecule has 0 saturated carbocycles. The van der Waals surface area contributed by atoms with Crippen LogP contribution in [0.15, 0.2) is 0 Å². The molecular weight excluding hydrogens is 176 g/mol. The first-order valence-electron chi connectivity index (χ1n) is 4.65. The Balaban J connectivity index is 3.68. The summed E-state index contributed by atoms with van der Waals surface area (Å²) in [7, 11) is 0. The topological polar surface area (TPSA) is 26.3 Å². The lowest BCUT2D eigenvalue weighted by atomic mass is 10.1. The fraction of sp³-hybridized carbons (Fsp3) is 0.583. The van der Waals surface area contributed by atoms with Crippen molar-refractivity contribution < 1.29 is 9.53 Å². The lowest BCUT2D eigenvalue weighted by Gasteiger charge is -2.18. The van der Waals surface area contributed by atoms with Crippen molar-refractivity contribution in [2.45, 2.75) is 45.1 Å². The van der Waals surface area contributed by atoms with Crippen molar-refractivity contribution in [3.05, 3.63) is 0 Å². The largest absolute Gasteiger partial charge is 0.446 e. The third kappa shape index (κ3) is 6.14. The lowest BCUT2D eigenvalue weighted by Crippen LogP contribution is -2.25. The molecule has 0 aromatic rings. The number of unbranched alkanes of at least 4 members (excludes halogenated alkanes) is 2. The van der Waals surface area contributed by atoms with Gasteiger partial charge in [-0.2, -0.15) is 0 Å². The normalized spacial score (nSPS) is 10.0. The molecular formula is C12H16O2. The monoisotopic (exact) mass is 192 g/mol. The van der Waals surface area contributed by atoms with Gasteiger partial charge in [-0.1, -0.05) is 5.92 Å². The summed E-state index contributed by atoms with van der Waals surface area (Å²) in [5, 5.41) is 0. The summed E-state index contributed by atoms with van der Waals surface area (Å²) < 4.78 is 5.04. The molecule has 0 aliphatic carbocycles. The number of hydrogen-bond acceptors (Lipinski definition) is 2. The van der Waals surface area contributed by atoms with E-state index < -0.39 is 5.60 Å². The first-order valence-corrected chi connectivity index (χ1v) is 4.65. The number of hydrogen-bond donors (Lipinski definition) is 0. The quantitative estimate of drug-likeness (QED) is 0.379. The Morgan fingerprint density at radius 2 is 2.00 bits per heavy atom. The minimum atomic E-state index is -0.802. The van der Waals surface area contributed by atoms with Gasteiger partial charge >= 0.3 is 5.97 Å². The Kier molecular flexibility index (Phi) is 5.49. The fourth-order valence-electron chi connectivity index (χ4n) is 0.861. The molecule has 0 atom stereocenters. The molecule has 0 aliphatic rings. The lowest BCUT2D eigenvalue weighted by molar-refractivity contribution is -0.151. The highest BCUT2D eigenvalue weighted by molar-refractivity contribution is 5.70. The number of carbonyl (C=O) groups excluding carboxylic acids is 1. The van der Waals surface area contributed by atoms with E-state index in [2.05, 4.69) is 11.8 Å². The maximum atomic E-state index is 11.2. The van der Waals surface area contributed by atoms with E-state index in [0.717, 1.165) is 12.8 Å². The molecule has 2 heteroatoms.